The zero-order valence-electron chi connectivity index (χ0n) is 10.5. The number of Topliss-reactive ketones (excluding diaryl/α,β-unsaturated/α-hetero) is 1. The molecule has 0 aliphatic heterocycles. The highest BCUT2D eigenvalue weighted by Crippen LogP contribution is 2.16. The number of rotatable bonds is 3. The molecule has 0 saturated carbocycles. The van der Waals surface area contributed by atoms with E-state index in [0.29, 0.717) is 0 Å². The molecule has 0 heterocycles. The Hall–Kier alpha value is -1.42. The Morgan fingerprint density at radius 2 is 1.94 bits per heavy atom. The van der Waals surface area contributed by atoms with Gasteiger partial charge in [-0.25, -0.2) is 4.39 Å². The third-order valence-corrected chi connectivity index (χ3v) is 2.72. The minimum atomic E-state index is -0.584. The van der Waals surface area contributed by atoms with Crippen molar-refractivity contribution in [3.8, 4) is 0 Å². The first-order valence-corrected chi connectivity index (χ1v) is 5.86. The SMILES string of the molecule is CC(C)(C)C(=O)CNC(=O)c1ccc(F)c(Cl)c1. The van der Waals surface area contributed by atoms with Crippen molar-refractivity contribution >= 4 is 23.3 Å². The van der Waals surface area contributed by atoms with E-state index in [9.17, 15) is 14.0 Å². The molecular formula is C13H15ClFNO2. The van der Waals surface area contributed by atoms with E-state index in [-0.39, 0.29) is 22.9 Å². The molecule has 1 rings (SSSR count). The second kappa shape index (κ2) is 5.48. The summed E-state index contributed by atoms with van der Waals surface area (Å²) in [5, 5.41) is 2.36. The van der Waals surface area contributed by atoms with Crippen molar-refractivity contribution in [1.29, 1.82) is 0 Å². The van der Waals surface area contributed by atoms with Crippen LogP contribution < -0.4 is 5.32 Å². The summed E-state index contributed by atoms with van der Waals surface area (Å²) in [4.78, 5) is 23.3. The number of benzene rings is 1. The predicted octanol–water partition coefficient (Wildman–Crippen LogP) is 2.82. The molecule has 0 spiro atoms. The summed E-state index contributed by atoms with van der Waals surface area (Å²) >= 11 is 5.57. The average Bonchev–Trinajstić information content (AvgIpc) is 2.27. The Morgan fingerprint density at radius 3 is 2.44 bits per heavy atom. The Balaban J connectivity index is 2.66. The van der Waals surface area contributed by atoms with Gasteiger partial charge in [-0.1, -0.05) is 32.4 Å². The molecular weight excluding hydrogens is 257 g/mol. The summed E-state index contributed by atoms with van der Waals surface area (Å²) in [5.74, 6) is -1.11. The number of halogens is 2. The standard InChI is InChI=1S/C13H15ClFNO2/c1-13(2,3)11(17)7-16-12(18)8-4-5-10(15)9(14)6-8/h4-6H,7H2,1-3H3,(H,16,18). The molecule has 1 amide bonds. The summed E-state index contributed by atoms with van der Waals surface area (Å²) in [5.41, 5.74) is -0.281. The molecule has 0 saturated heterocycles. The molecule has 0 unspecified atom stereocenters. The normalized spacial score (nSPS) is 11.2. The lowest BCUT2D eigenvalue weighted by atomic mass is 9.91. The zero-order chi connectivity index (χ0) is 13.9. The second-order valence-electron chi connectivity index (χ2n) is 4.98. The molecule has 3 nitrogen and oxygen atoms in total. The van der Waals surface area contributed by atoms with Crippen LogP contribution in [-0.2, 0) is 4.79 Å². The molecule has 1 aromatic rings. The second-order valence-corrected chi connectivity index (χ2v) is 5.39. The third kappa shape index (κ3) is 3.81. The zero-order valence-corrected chi connectivity index (χ0v) is 11.3. The van der Waals surface area contributed by atoms with Crippen LogP contribution in [0.15, 0.2) is 18.2 Å². The fourth-order valence-corrected chi connectivity index (χ4v) is 1.35. The summed E-state index contributed by atoms with van der Waals surface area (Å²) in [6.45, 7) is 5.26. The average molecular weight is 272 g/mol. The van der Waals surface area contributed by atoms with Crippen LogP contribution in [0.1, 0.15) is 31.1 Å². The van der Waals surface area contributed by atoms with Crippen LogP contribution in [0.5, 0.6) is 0 Å². The van der Waals surface area contributed by atoms with Crippen LogP contribution >= 0.6 is 11.6 Å². The molecule has 0 aliphatic carbocycles. The van der Waals surface area contributed by atoms with Gasteiger partial charge >= 0.3 is 0 Å². The molecule has 5 heteroatoms. The monoisotopic (exact) mass is 271 g/mol. The van der Waals surface area contributed by atoms with E-state index in [4.69, 9.17) is 11.6 Å². The van der Waals surface area contributed by atoms with Gasteiger partial charge < -0.3 is 5.32 Å². The summed E-state index contributed by atoms with van der Waals surface area (Å²) in [7, 11) is 0. The first kappa shape index (κ1) is 14.6. The van der Waals surface area contributed by atoms with E-state index in [2.05, 4.69) is 5.32 Å². The number of hydrogen-bond acceptors (Lipinski definition) is 2. The number of amides is 1. The Labute approximate surface area is 110 Å². The molecule has 0 aromatic heterocycles. The van der Waals surface area contributed by atoms with E-state index in [0.717, 1.165) is 6.07 Å². The molecule has 18 heavy (non-hydrogen) atoms. The van der Waals surface area contributed by atoms with Crippen LogP contribution in [0.4, 0.5) is 4.39 Å². The fourth-order valence-electron chi connectivity index (χ4n) is 1.17. The maximum Gasteiger partial charge on any atom is 0.251 e. The lowest BCUT2D eigenvalue weighted by Crippen LogP contribution is -2.35. The lowest BCUT2D eigenvalue weighted by Gasteiger charge is -2.16. The Morgan fingerprint density at radius 1 is 1.33 bits per heavy atom. The van der Waals surface area contributed by atoms with Crippen LogP contribution in [0.2, 0.25) is 5.02 Å². The van der Waals surface area contributed by atoms with Crippen LogP contribution in [0.25, 0.3) is 0 Å². The Bertz CT molecular complexity index is 480. The fraction of sp³-hybridized carbons (Fsp3) is 0.385. The van der Waals surface area contributed by atoms with Gasteiger partial charge in [-0.3, -0.25) is 9.59 Å². The number of carbonyl (C=O) groups excluding carboxylic acids is 2. The summed E-state index contributed by atoms with van der Waals surface area (Å²) < 4.78 is 12.9. The highest BCUT2D eigenvalue weighted by atomic mass is 35.5. The van der Waals surface area contributed by atoms with Gasteiger partial charge in [-0.2, -0.15) is 0 Å². The van der Waals surface area contributed by atoms with E-state index >= 15 is 0 Å². The lowest BCUT2D eigenvalue weighted by molar-refractivity contribution is -0.125. The minimum absolute atomic E-state index is 0.0582. The molecule has 1 N–H and O–H groups in total. The molecule has 1 aromatic carbocycles. The van der Waals surface area contributed by atoms with Crippen molar-refractivity contribution in [2.24, 2.45) is 5.41 Å². The van der Waals surface area contributed by atoms with Gasteiger partial charge in [0.05, 0.1) is 11.6 Å². The van der Waals surface area contributed by atoms with Crippen molar-refractivity contribution < 1.29 is 14.0 Å². The molecule has 0 aliphatic rings. The first-order valence-electron chi connectivity index (χ1n) is 5.48. The van der Waals surface area contributed by atoms with Crippen LogP contribution in [0, 0.1) is 11.2 Å². The van der Waals surface area contributed by atoms with Gasteiger partial charge in [0, 0.05) is 11.0 Å². The van der Waals surface area contributed by atoms with Gasteiger partial charge in [-0.05, 0) is 18.2 Å². The molecule has 0 atom stereocenters. The number of carbonyl (C=O) groups is 2. The van der Waals surface area contributed by atoms with Crippen molar-refractivity contribution in [1.82, 2.24) is 5.32 Å². The Kier molecular flexibility index (Phi) is 4.46. The van der Waals surface area contributed by atoms with Crippen molar-refractivity contribution in [3.05, 3.63) is 34.6 Å². The van der Waals surface area contributed by atoms with Gasteiger partial charge in [0.1, 0.15) is 5.82 Å². The largest absolute Gasteiger partial charge is 0.345 e. The van der Waals surface area contributed by atoms with Gasteiger partial charge in [-0.15, -0.1) is 0 Å². The van der Waals surface area contributed by atoms with Gasteiger partial charge in [0.25, 0.3) is 5.91 Å². The summed E-state index contributed by atoms with van der Waals surface area (Å²) in [6.07, 6.45) is 0. The van der Waals surface area contributed by atoms with E-state index < -0.39 is 17.1 Å². The van der Waals surface area contributed by atoms with Crippen molar-refractivity contribution in [2.75, 3.05) is 6.54 Å². The quantitative estimate of drug-likeness (QED) is 0.919. The van der Waals surface area contributed by atoms with Crippen molar-refractivity contribution in [3.63, 3.8) is 0 Å². The van der Waals surface area contributed by atoms with E-state index in [1.54, 1.807) is 20.8 Å². The van der Waals surface area contributed by atoms with Crippen LogP contribution in [0.3, 0.4) is 0 Å². The number of nitrogens with one attached hydrogen (secondary N) is 1. The molecule has 98 valence electrons. The number of ketones is 1. The number of hydrogen-bond donors (Lipinski definition) is 1. The topological polar surface area (TPSA) is 46.2 Å². The predicted molar refractivity (Wildman–Crippen MR) is 68.2 cm³/mol. The molecule has 0 radical (unpaired) electrons. The molecule has 0 bridgehead atoms. The van der Waals surface area contributed by atoms with Gasteiger partial charge in [0.15, 0.2) is 5.78 Å². The maximum absolute atomic E-state index is 12.9. The minimum Gasteiger partial charge on any atom is -0.345 e. The van der Waals surface area contributed by atoms with E-state index in [1.165, 1.54) is 12.1 Å². The van der Waals surface area contributed by atoms with Crippen LogP contribution in [-0.4, -0.2) is 18.2 Å². The molecule has 0 fully saturated rings. The first-order chi connectivity index (χ1) is 8.21. The highest BCUT2D eigenvalue weighted by molar-refractivity contribution is 6.31. The van der Waals surface area contributed by atoms with Crippen molar-refractivity contribution in [2.45, 2.75) is 20.8 Å². The van der Waals surface area contributed by atoms with Gasteiger partial charge in [0.2, 0.25) is 0 Å². The highest BCUT2D eigenvalue weighted by Gasteiger charge is 2.21. The smallest absolute Gasteiger partial charge is 0.251 e. The summed E-state index contributed by atoms with van der Waals surface area (Å²) in [6, 6.07) is 3.66. The van der Waals surface area contributed by atoms with E-state index in [1.807, 2.05) is 0 Å². The third-order valence-electron chi connectivity index (χ3n) is 2.43. The maximum atomic E-state index is 12.9.